The van der Waals surface area contributed by atoms with Gasteiger partial charge in [-0.15, -0.1) is 11.3 Å². The van der Waals surface area contributed by atoms with Crippen LogP contribution < -0.4 is 10.5 Å². The van der Waals surface area contributed by atoms with Gasteiger partial charge in [0.25, 0.3) is 0 Å². The van der Waals surface area contributed by atoms with Gasteiger partial charge in [-0.2, -0.15) is 8.42 Å². The number of nitrogens with zero attached hydrogens (tertiary/aromatic N) is 2. The number of nitrogens with two attached hydrogens (primary N) is 1. The summed E-state index contributed by atoms with van der Waals surface area (Å²) in [6, 6.07) is 6.54. The van der Waals surface area contributed by atoms with E-state index < -0.39 is 16.4 Å². The summed E-state index contributed by atoms with van der Waals surface area (Å²) in [5.74, 6) is 0.315. The molecule has 9 nitrogen and oxygen atoms in total. The van der Waals surface area contributed by atoms with Crippen LogP contribution in [0.15, 0.2) is 42.2 Å². The molecule has 3 aromatic rings. The average Bonchev–Trinajstić information content (AvgIpc) is 3.55. The highest BCUT2D eigenvalue weighted by Gasteiger charge is 2.28. The number of nitrogens with one attached hydrogen (secondary N) is 1. The molecule has 37 heavy (non-hydrogen) atoms. The molecule has 0 spiro atoms. The fraction of sp³-hybridized carbons (Fsp3) is 0.400. The molecule has 1 fully saturated rings. The summed E-state index contributed by atoms with van der Waals surface area (Å²) in [4.78, 5) is 22.2. The molecule has 0 saturated heterocycles. The van der Waals surface area contributed by atoms with E-state index in [1.807, 2.05) is 5.38 Å². The average molecular weight is 547 g/mol. The zero-order valence-corrected chi connectivity index (χ0v) is 21.6. The number of hydrogen-bond acceptors (Lipinski definition) is 9. The molecule has 5 rings (SSSR count). The number of carbonyl (C=O) groups excluding carboxylic acids is 1. The zero-order valence-electron chi connectivity index (χ0n) is 19.9. The lowest BCUT2D eigenvalue weighted by molar-refractivity contribution is 0.0698. The summed E-state index contributed by atoms with van der Waals surface area (Å²) in [7, 11) is -3.94. The van der Waals surface area contributed by atoms with Crippen LogP contribution in [0.3, 0.4) is 0 Å². The van der Waals surface area contributed by atoms with Gasteiger partial charge in [0.2, 0.25) is 5.78 Å². The molecule has 1 aliphatic carbocycles. The first-order valence-electron chi connectivity index (χ1n) is 12.0. The van der Waals surface area contributed by atoms with Crippen molar-refractivity contribution in [3.63, 3.8) is 0 Å². The second kappa shape index (κ2) is 10.9. The van der Waals surface area contributed by atoms with E-state index in [0.29, 0.717) is 29.4 Å². The molecule has 1 unspecified atom stereocenters. The molecule has 3 heterocycles. The summed E-state index contributed by atoms with van der Waals surface area (Å²) in [6.45, 7) is 1.19. The largest absolute Gasteiger partial charge is 0.369 e. The minimum Gasteiger partial charge on any atom is -0.369 e. The Labute approximate surface area is 218 Å². The molecular formula is C25H27FN4O5S2. The van der Waals surface area contributed by atoms with Crippen LogP contribution in [0.1, 0.15) is 57.3 Å². The van der Waals surface area contributed by atoms with Crippen molar-refractivity contribution in [3.05, 3.63) is 75.1 Å². The zero-order chi connectivity index (χ0) is 26.0. The van der Waals surface area contributed by atoms with Crippen molar-refractivity contribution < 1.29 is 26.5 Å². The van der Waals surface area contributed by atoms with Crippen molar-refractivity contribution >= 4 is 33.2 Å². The minimum absolute atomic E-state index is 0.0785. The van der Waals surface area contributed by atoms with Crippen LogP contribution in [0, 0.1) is 17.7 Å². The van der Waals surface area contributed by atoms with E-state index in [1.165, 1.54) is 36.0 Å². The van der Waals surface area contributed by atoms with Crippen LogP contribution in [0.25, 0.3) is 0 Å². The quantitative estimate of drug-likeness (QED) is 0.389. The molecule has 0 bridgehead atoms. The van der Waals surface area contributed by atoms with E-state index in [0.717, 1.165) is 42.4 Å². The van der Waals surface area contributed by atoms with Crippen LogP contribution in [-0.4, -0.2) is 43.9 Å². The van der Waals surface area contributed by atoms with E-state index in [2.05, 4.69) is 15.3 Å². The number of halogens is 1. The second-order valence-corrected chi connectivity index (χ2v) is 11.5. The fourth-order valence-electron chi connectivity index (χ4n) is 5.01. The van der Waals surface area contributed by atoms with Crippen molar-refractivity contribution in [2.24, 2.45) is 17.0 Å². The summed E-state index contributed by atoms with van der Waals surface area (Å²) < 4.78 is 46.7. The van der Waals surface area contributed by atoms with Crippen molar-refractivity contribution in [2.45, 2.75) is 31.8 Å². The Kier molecular flexibility index (Phi) is 7.63. The molecule has 0 radical (unpaired) electrons. The van der Waals surface area contributed by atoms with E-state index in [1.54, 1.807) is 12.1 Å². The lowest BCUT2D eigenvalue weighted by Crippen LogP contribution is -2.20. The van der Waals surface area contributed by atoms with Gasteiger partial charge in [-0.25, -0.2) is 19.5 Å². The molecule has 0 amide bonds. The van der Waals surface area contributed by atoms with Crippen LogP contribution in [0.5, 0.6) is 0 Å². The highest BCUT2D eigenvalue weighted by Crippen LogP contribution is 2.36. The molecule has 3 N–H and O–H groups in total. The van der Waals surface area contributed by atoms with Gasteiger partial charge in [0, 0.05) is 12.7 Å². The predicted molar refractivity (Wildman–Crippen MR) is 136 cm³/mol. The highest BCUT2D eigenvalue weighted by atomic mass is 32.2. The molecule has 1 saturated carbocycles. The van der Waals surface area contributed by atoms with Crippen molar-refractivity contribution in [3.8, 4) is 0 Å². The first-order valence-corrected chi connectivity index (χ1v) is 14.4. The summed E-state index contributed by atoms with van der Waals surface area (Å²) in [6.07, 6.45) is 5.71. The molecule has 12 heteroatoms. The van der Waals surface area contributed by atoms with Crippen LogP contribution in [0.2, 0.25) is 0 Å². The third-order valence-electron chi connectivity index (χ3n) is 6.83. The highest BCUT2D eigenvalue weighted by molar-refractivity contribution is 7.84. The third-order valence-corrected chi connectivity index (χ3v) is 8.24. The van der Waals surface area contributed by atoms with E-state index in [9.17, 15) is 17.6 Å². The van der Waals surface area contributed by atoms with Crippen molar-refractivity contribution in [1.82, 2.24) is 9.97 Å². The number of fused-ring (bicyclic) bond motifs is 1. The lowest BCUT2D eigenvalue weighted by Gasteiger charge is -2.25. The molecule has 196 valence electrons. The van der Waals surface area contributed by atoms with E-state index in [4.69, 9.17) is 14.1 Å². The number of anilines is 1. The third kappa shape index (κ3) is 6.21. The van der Waals surface area contributed by atoms with Gasteiger partial charge < -0.3 is 10.1 Å². The Morgan fingerprint density at radius 1 is 1.27 bits per heavy atom. The summed E-state index contributed by atoms with van der Waals surface area (Å²) in [5.41, 5.74) is 3.01. The summed E-state index contributed by atoms with van der Waals surface area (Å²) in [5, 5.41) is 10.1. The number of rotatable bonds is 9. The van der Waals surface area contributed by atoms with Gasteiger partial charge in [-0.1, -0.05) is 6.07 Å². The number of hydrogen-bond donors (Lipinski definition) is 2. The Hall–Kier alpha value is -2.77. The molecule has 1 aromatic carbocycles. The maximum atomic E-state index is 13.9. The van der Waals surface area contributed by atoms with E-state index in [-0.39, 0.29) is 30.0 Å². The normalized spacial score (nSPS) is 21.5. The monoisotopic (exact) mass is 546 g/mol. The summed E-state index contributed by atoms with van der Waals surface area (Å²) >= 11 is 1.30. The number of carbonyl (C=O) groups is 1. The Morgan fingerprint density at radius 2 is 2.11 bits per heavy atom. The number of ketones is 1. The SMILES string of the molecule is NS(=O)(=O)OC[C@@H]1CC[C@H](CNc2ncncc2C(=O)c2cc(C3OCCc4ccc(F)cc43)cs2)C1. The smallest absolute Gasteiger partial charge is 0.333 e. The number of benzene rings is 1. The van der Waals surface area contributed by atoms with Crippen LogP contribution in [0.4, 0.5) is 10.2 Å². The molecular weight excluding hydrogens is 519 g/mol. The maximum Gasteiger partial charge on any atom is 0.333 e. The van der Waals surface area contributed by atoms with Gasteiger partial charge >= 0.3 is 10.3 Å². The first-order chi connectivity index (χ1) is 17.8. The number of thiophene rings is 1. The first kappa shape index (κ1) is 25.9. The predicted octanol–water partition coefficient (Wildman–Crippen LogP) is 3.62. The van der Waals surface area contributed by atoms with Crippen LogP contribution >= 0.6 is 11.3 Å². The molecule has 2 aliphatic rings. The Balaban J connectivity index is 1.26. The second-order valence-electron chi connectivity index (χ2n) is 9.41. The fourth-order valence-corrected chi connectivity index (χ4v) is 6.27. The topological polar surface area (TPSA) is 134 Å². The Morgan fingerprint density at radius 3 is 2.95 bits per heavy atom. The number of aromatic nitrogens is 2. The maximum absolute atomic E-state index is 13.9. The van der Waals surface area contributed by atoms with Gasteiger partial charge in [0.1, 0.15) is 24.1 Å². The molecule has 1 aliphatic heterocycles. The van der Waals surface area contributed by atoms with Gasteiger partial charge in [0.05, 0.1) is 23.7 Å². The van der Waals surface area contributed by atoms with Crippen molar-refractivity contribution in [2.75, 3.05) is 25.1 Å². The van der Waals surface area contributed by atoms with Crippen LogP contribution in [-0.2, 0) is 25.6 Å². The standard InChI is InChI=1S/C25H27FN4O5S2/c26-19-4-3-17-5-6-34-24(20(17)9-19)18-8-22(36-13-18)23(31)21-11-28-14-30-25(21)29-10-15-1-2-16(7-15)12-35-37(27,32)33/h3-4,8-9,11,13-16,24H,1-2,5-7,10,12H2,(H2,27,32,33)(H,28,29,30)/t15-,16+,24?/m0/s1. The van der Waals surface area contributed by atoms with Gasteiger partial charge in [0.15, 0.2) is 0 Å². The van der Waals surface area contributed by atoms with Crippen molar-refractivity contribution in [1.29, 1.82) is 0 Å². The van der Waals surface area contributed by atoms with E-state index >= 15 is 0 Å². The molecule has 3 atom stereocenters. The minimum atomic E-state index is -3.94. The molecule has 2 aromatic heterocycles. The van der Waals surface area contributed by atoms with Gasteiger partial charge in [-0.05, 0) is 77.8 Å². The number of ether oxygens (including phenoxy) is 1. The van der Waals surface area contributed by atoms with Gasteiger partial charge in [-0.3, -0.25) is 8.98 Å². The Bertz CT molecular complexity index is 1400. The lowest BCUT2D eigenvalue weighted by atomic mass is 9.94.